The number of imidazole rings is 1. The lowest BCUT2D eigenvalue weighted by molar-refractivity contribution is 0.777. The van der Waals surface area contributed by atoms with Gasteiger partial charge in [0, 0.05) is 15.6 Å². The van der Waals surface area contributed by atoms with Gasteiger partial charge in [0.25, 0.3) is 0 Å². The van der Waals surface area contributed by atoms with E-state index in [0.29, 0.717) is 15.3 Å². The molecule has 0 radical (unpaired) electrons. The zero-order valence-corrected chi connectivity index (χ0v) is 13.6. The minimum Gasteiger partial charge on any atom is -0.310 e. The Balaban J connectivity index is 1.99. The Hall–Kier alpha value is -1.16. The third kappa shape index (κ3) is 1.99. The first kappa shape index (κ1) is 13.5. The molecule has 3 aromatic rings. The number of hydrogen-bond donors (Lipinski definition) is 0. The van der Waals surface area contributed by atoms with Gasteiger partial charge in [0.05, 0.1) is 16.3 Å². The fourth-order valence-electron chi connectivity index (χ4n) is 2.86. The molecular weight excluding hydrogens is 323 g/mol. The largest absolute Gasteiger partial charge is 0.310 e. The van der Waals surface area contributed by atoms with Gasteiger partial charge in [-0.2, -0.15) is 0 Å². The first-order valence-corrected chi connectivity index (χ1v) is 8.43. The number of rotatable bonds is 1. The second kappa shape index (κ2) is 4.94. The quantitative estimate of drug-likeness (QED) is 0.568. The van der Waals surface area contributed by atoms with Crippen LogP contribution in [0.15, 0.2) is 42.5 Å². The smallest absolute Gasteiger partial charge is 0.124 e. The van der Waals surface area contributed by atoms with Crippen LogP contribution in [0.5, 0.6) is 0 Å². The van der Waals surface area contributed by atoms with Crippen molar-refractivity contribution < 1.29 is 0 Å². The molecule has 0 saturated heterocycles. The van der Waals surface area contributed by atoms with Gasteiger partial charge in [-0.15, -0.1) is 11.8 Å². The Morgan fingerprint density at radius 3 is 2.52 bits per heavy atom. The predicted octanol–water partition coefficient (Wildman–Crippen LogP) is 5.70. The van der Waals surface area contributed by atoms with Crippen molar-refractivity contribution in [2.45, 2.75) is 17.5 Å². The van der Waals surface area contributed by atoms with E-state index in [-0.39, 0.29) is 5.37 Å². The molecule has 0 N–H and O–H groups in total. The maximum Gasteiger partial charge on any atom is 0.124 e. The Kier molecular flexibility index (Phi) is 3.18. The van der Waals surface area contributed by atoms with Crippen molar-refractivity contribution in [1.82, 2.24) is 9.55 Å². The summed E-state index contributed by atoms with van der Waals surface area (Å²) >= 11 is 14.6. The maximum absolute atomic E-state index is 6.41. The van der Waals surface area contributed by atoms with Crippen molar-refractivity contribution in [3.8, 4) is 0 Å². The molecule has 2 aromatic carbocycles. The first-order chi connectivity index (χ1) is 10.2. The van der Waals surface area contributed by atoms with Crippen LogP contribution in [0.2, 0.25) is 10.0 Å². The summed E-state index contributed by atoms with van der Waals surface area (Å²) in [7, 11) is 0. The molecule has 21 heavy (non-hydrogen) atoms. The molecule has 0 saturated carbocycles. The molecule has 0 spiro atoms. The van der Waals surface area contributed by atoms with Crippen LogP contribution in [0.1, 0.15) is 28.9 Å². The Bertz CT molecular complexity index is 823. The molecule has 0 bridgehead atoms. The number of aromatic nitrogens is 2. The van der Waals surface area contributed by atoms with Gasteiger partial charge in [0.15, 0.2) is 0 Å². The Morgan fingerprint density at radius 1 is 1.05 bits per heavy atom. The number of nitrogens with zero attached hydrogens (tertiary/aromatic N) is 2. The molecule has 2 heterocycles. The molecule has 4 rings (SSSR count). The van der Waals surface area contributed by atoms with Crippen LogP contribution in [0.25, 0.3) is 11.0 Å². The van der Waals surface area contributed by atoms with Crippen LogP contribution in [-0.4, -0.2) is 9.55 Å². The zero-order valence-electron chi connectivity index (χ0n) is 11.3. The average Bonchev–Trinajstić information content (AvgIpc) is 2.98. The van der Waals surface area contributed by atoms with Crippen molar-refractivity contribution in [3.63, 3.8) is 0 Å². The van der Waals surface area contributed by atoms with Crippen molar-refractivity contribution in [2.75, 3.05) is 0 Å². The van der Waals surface area contributed by atoms with Gasteiger partial charge in [-0.1, -0.05) is 41.4 Å². The van der Waals surface area contributed by atoms with E-state index in [1.54, 1.807) is 0 Å². The number of halogens is 2. The Labute approximate surface area is 137 Å². The van der Waals surface area contributed by atoms with Gasteiger partial charge < -0.3 is 4.57 Å². The van der Waals surface area contributed by atoms with E-state index < -0.39 is 0 Å². The monoisotopic (exact) mass is 334 g/mol. The standard InChI is InChI=1S/C16H12Cl2N2S/c1-9-15-19-12-7-2-3-8-13(12)20(15)16(21-9)14-10(17)5-4-6-11(14)18/h2-9,16H,1H3/t9-,16-/m1/s1. The fraction of sp³-hybridized carbons (Fsp3) is 0.188. The molecule has 0 amide bonds. The summed E-state index contributed by atoms with van der Waals surface area (Å²) in [4.78, 5) is 4.77. The van der Waals surface area contributed by atoms with Gasteiger partial charge in [-0.05, 0) is 31.2 Å². The van der Waals surface area contributed by atoms with Gasteiger partial charge in [-0.3, -0.25) is 0 Å². The molecule has 0 aliphatic carbocycles. The van der Waals surface area contributed by atoms with Crippen LogP contribution < -0.4 is 0 Å². The minimum atomic E-state index is 0.0728. The summed E-state index contributed by atoms with van der Waals surface area (Å²) in [6, 6.07) is 13.9. The van der Waals surface area contributed by atoms with Crippen LogP contribution in [0, 0.1) is 0 Å². The second-order valence-electron chi connectivity index (χ2n) is 5.09. The van der Waals surface area contributed by atoms with Gasteiger partial charge in [0.1, 0.15) is 11.2 Å². The molecule has 0 unspecified atom stereocenters. The molecule has 5 heteroatoms. The highest BCUT2D eigenvalue weighted by Gasteiger charge is 2.35. The van der Waals surface area contributed by atoms with Crippen molar-refractivity contribution in [2.24, 2.45) is 0 Å². The van der Waals surface area contributed by atoms with Crippen LogP contribution in [0.3, 0.4) is 0 Å². The molecule has 1 aliphatic rings. The predicted molar refractivity (Wildman–Crippen MR) is 90.3 cm³/mol. The zero-order chi connectivity index (χ0) is 14.6. The van der Waals surface area contributed by atoms with E-state index >= 15 is 0 Å². The third-order valence-corrected chi connectivity index (χ3v) is 5.78. The number of fused-ring (bicyclic) bond motifs is 3. The van der Waals surface area contributed by atoms with Crippen LogP contribution in [-0.2, 0) is 0 Å². The molecule has 2 atom stereocenters. The molecule has 1 aromatic heterocycles. The normalized spacial score (nSPS) is 20.9. The fourth-order valence-corrected chi connectivity index (χ4v) is 5.00. The highest BCUT2D eigenvalue weighted by molar-refractivity contribution is 8.00. The third-order valence-electron chi connectivity index (χ3n) is 3.80. The molecule has 1 aliphatic heterocycles. The summed E-state index contributed by atoms with van der Waals surface area (Å²) in [6.07, 6.45) is 0. The molecule has 106 valence electrons. The number of hydrogen-bond acceptors (Lipinski definition) is 2. The van der Waals surface area contributed by atoms with Crippen molar-refractivity contribution in [3.05, 3.63) is 63.9 Å². The highest BCUT2D eigenvalue weighted by Crippen LogP contribution is 2.52. The van der Waals surface area contributed by atoms with E-state index in [1.165, 1.54) is 0 Å². The summed E-state index contributed by atoms with van der Waals surface area (Å²) in [5, 5.41) is 1.80. The molecule has 0 fully saturated rings. The molecule has 2 nitrogen and oxygen atoms in total. The average molecular weight is 335 g/mol. The van der Waals surface area contributed by atoms with Crippen molar-refractivity contribution >= 4 is 46.0 Å². The van der Waals surface area contributed by atoms with Gasteiger partial charge in [0.2, 0.25) is 0 Å². The first-order valence-electron chi connectivity index (χ1n) is 6.73. The summed E-state index contributed by atoms with van der Waals surface area (Å²) in [5.74, 6) is 1.09. The van der Waals surface area contributed by atoms with Gasteiger partial charge in [-0.25, -0.2) is 4.98 Å². The van der Waals surface area contributed by atoms with Gasteiger partial charge >= 0.3 is 0 Å². The van der Waals surface area contributed by atoms with E-state index in [0.717, 1.165) is 22.4 Å². The maximum atomic E-state index is 6.41. The summed E-state index contributed by atoms with van der Waals surface area (Å²) < 4.78 is 2.26. The lowest BCUT2D eigenvalue weighted by Crippen LogP contribution is -2.04. The van der Waals surface area contributed by atoms with E-state index in [2.05, 4.69) is 17.6 Å². The van der Waals surface area contributed by atoms with Crippen LogP contribution in [0.4, 0.5) is 0 Å². The Morgan fingerprint density at radius 2 is 1.76 bits per heavy atom. The lowest BCUT2D eigenvalue weighted by Gasteiger charge is -2.17. The van der Waals surface area contributed by atoms with Crippen LogP contribution >= 0.6 is 35.0 Å². The SMILES string of the molecule is C[C@H]1S[C@H](c2c(Cl)cccc2Cl)n2c1nc1ccccc12. The number of benzene rings is 2. The number of para-hydroxylation sites is 2. The topological polar surface area (TPSA) is 17.8 Å². The minimum absolute atomic E-state index is 0.0728. The lowest BCUT2D eigenvalue weighted by atomic mass is 10.2. The second-order valence-corrected chi connectivity index (χ2v) is 7.33. The van der Waals surface area contributed by atoms with E-state index in [9.17, 15) is 0 Å². The number of thioether (sulfide) groups is 1. The highest BCUT2D eigenvalue weighted by atomic mass is 35.5. The molecular formula is C16H12Cl2N2S. The van der Waals surface area contributed by atoms with E-state index in [4.69, 9.17) is 28.2 Å². The van der Waals surface area contributed by atoms with E-state index in [1.807, 2.05) is 48.2 Å². The summed E-state index contributed by atoms with van der Waals surface area (Å²) in [5.41, 5.74) is 3.12. The van der Waals surface area contributed by atoms with Crippen molar-refractivity contribution in [1.29, 1.82) is 0 Å². The summed E-state index contributed by atoms with van der Waals surface area (Å²) in [6.45, 7) is 2.17.